The normalized spacial score (nSPS) is 10.9. The predicted molar refractivity (Wildman–Crippen MR) is 87.3 cm³/mol. The van der Waals surface area contributed by atoms with Gasteiger partial charge in [0.05, 0.1) is 20.1 Å². The van der Waals surface area contributed by atoms with Crippen LogP contribution in [0.4, 0.5) is 0 Å². The minimum Gasteiger partial charge on any atom is -0.199 e. The first-order valence-electron chi connectivity index (χ1n) is 6.06. The van der Waals surface area contributed by atoms with Crippen molar-refractivity contribution in [2.75, 3.05) is 0 Å². The molecule has 0 bridgehead atoms. The molecule has 1 heterocycles. The van der Waals surface area contributed by atoms with E-state index in [1.807, 2.05) is 27.9 Å². The van der Waals surface area contributed by atoms with E-state index in [1.165, 1.54) is 0 Å². The molecule has 0 N–H and O–H groups in total. The third-order valence-electron chi connectivity index (χ3n) is 3.03. The molecule has 0 saturated carbocycles. The summed E-state index contributed by atoms with van der Waals surface area (Å²) in [5.41, 5.74) is 1.42. The van der Waals surface area contributed by atoms with Gasteiger partial charge in [-0.2, -0.15) is 9.13 Å². The molecule has 2 aromatic carbocycles. The van der Waals surface area contributed by atoms with Crippen LogP contribution in [0.15, 0.2) is 55.1 Å². The van der Waals surface area contributed by atoms with Crippen LogP contribution in [-0.4, -0.2) is 4.57 Å². The second-order valence-electron chi connectivity index (χ2n) is 4.37. The molecule has 0 aliphatic heterocycles. The van der Waals surface area contributed by atoms with Crippen LogP contribution in [0.5, 0.6) is 0 Å². The van der Waals surface area contributed by atoms with Crippen molar-refractivity contribution in [2.45, 2.75) is 0 Å². The van der Waals surface area contributed by atoms with Crippen LogP contribution >= 0.6 is 46.4 Å². The Bertz CT molecular complexity index is 705. The van der Waals surface area contributed by atoms with Crippen molar-refractivity contribution in [2.24, 2.45) is 0 Å². The number of aromatic nitrogens is 2. The number of benzene rings is 2. The molecule has 0 aliphatic carbocycles. The van der Waals surface area contributed by atoms with Crippen LogP contribution < -0.4 is 4.57 Å². The van der Waals surface area contributed by atoms with Crippen molar-refractivity contribution in [1.29, 1.82) is 0 Å². The number of hydrogen-bond donors (Lipinski definition) is 0. The van der Waals surface area contributed by atoms with Gasteiger partial charge in [0.25, 0.3) is 6.33 Å². The number of nitrogens with zero attached hydrogens (tertiary/aromatic N) is 2. The first-order chi connectivity index (χ1) is 10.1. The van der Waals surface area contributed by atoms with Crippen molar-refractivity contribution in [3.63, 3.8) is 0 Å². The van der Waals surface area contributed by atoms with Crippen LogP contribution in [0.25, 0.3) is 11.4 Å². The van der Waals surface area contributed by atoms with E-state index in [0.717, 1.165) is 0 Å². The molecule has 0 unspecified atom stereocenters. The van der Waals surface area contributed by atoms with Gasteiger partial charge in [0.1, 0.15) is 12.4 Å². The molecule has 2 nitrogen and oxygen atoms in total. The summed E-state index contributed by atoms with van der Waals surface area (Å²) in [5, 5.41) is 2.26. The molecule has 0 aliphatic rings. The van der Waals surface area contributed by atoms with E-state index in [0.29, 0.717) is 31.5 Å². The van der Waals surface area contributed by atoms with Crippen LogP contribution in [0.1, 0.15) is 0 Å². The van der Waals surface area contributed by atoms with Crippen LogP contribution in [-0.2, 0) is 0 Å². The fourth-order valence-corrected chi connectivity index (χ4v) is 3.28. The van der Waals surface area contributed by atoms with Crippen molar-refractivity contribution in [1.82, 2.24) is 4.57 Å². The van der Waals surface area contributed by atoms with Gasteiger partial charge < -0.3 is 0 Å². The maximum absolute atomic E-state index is 6.22. The predicted octanol–water partition coefficient (Wildman–Crippen LogP) is 5.37. The highest BCUT2D eigenvalue weighted by Crippen LogP contribution is 2.29. The Balaban J connectivity index is 2.13. The molecule has 6 heteroatoms. The molecule has 21 heavy (non-hydrogen) atoms. The summed E-state index contributed by atoms with van der Waals surface area (Å²) < 4.78 is 3.65. The molecule has 106 valence electrons. The lowest BCUT2D eigenvalue weighted by molar-refractivity contribution is -0.594. The number of para-hydroxylation sites is 2. The summed E-state index contributed by atoms with van der Waals surface area (Å²) in [6.45, 7) is 0. The van der Waals surface area contributed by atoms with Gasteiger partial charge in [-0.3, -0.25) is 0 Å². The van der Waals surface area contributed by atoms with E-state index < -0.39 is 0 Å². The zero-order chi connectivity index (χ0) is 15.0. The Morgan fingerprint density at radius 1 is 0.762 bits per heavy atom. The number of hydrogen-bond acceptors (Lipinski definition) is 0. The Morgan fingerprint density at radius 3 is 1.86 bits per heavy atom. The van der Waals surface area contributed by atoms with Gasteiger partial charge in [-0.25, -0.2) is 0 Å². The SMILES string of the molecule is Clc1cccc(Cl)c1-n1cc[n+](-c2c(Cl)cccc2Cl)c1. The first-order valence-corrected chi connectivity index (χ1v) is 7.57. The zero-order valence-electron chi connectivity index (χ0n) is 10.6. The average molecular weight is 359 g/mol. The summed E-state index contributed by atoms with van der Waals surface area (Å²) in [6, 6.07) is 10.8. The smallest absolute Gasteiger partial charge is 0.199 e. The Labute approximate surface area is 142 Å². The summed E-state index contributed by atoms with van der Waals surface area (Å²) in [4.78, 5) is 0. The molecule has 0 atom stereocenters. The van der Waals surface area contributed by atoms with E-state index >= 15 is 0 Å². The zero-order valence-corrected chi connectivity index (χ0v) is 13.6. The Kier molecular flexibility index (Phi) is 4.14. The largest absolute Gasteiger partial charge is 0.254 e. The molecule has 0 saturated heterocycles. The quantitative estimate of drug-likeness (QED) is 0.544. The maximum atomic E-state index is 6.22. The van der Waals surface area contributed by atoms with Gasteiger partial charge in [0.15, 0.2) is 11.4 Å². The molecule has 3 rings (SSSR count). The van der Waals surface area contributed by atoms with Crippen molar-refractivity contribution >= 4 is 46.4 Å². The lowest BCUT2D eigenvalue weighted by Gasteiger charge is -2.03. The molecule has 1 aromatic heterocycles. The highest BCUT2D eigenvalue weighted by Gasteiger charge is 2.18. The van der Waals surface area contributed by atoms with E-state index in [2.05, 4.69) is 0 Å². The molecule has 0 fully saturated rings. The average Bonchev–Trinajstić information content (AvgIpc) is 2.87. The minimum atomic E-state index is 0.565. The third-order valence-corrected chi connectivity index (χ3v) is 4.25. The fraction of sp³-hybridized carbons (Fsp3) is 0. The van der Waals surface area contributed by atoms with Gasteiger partial charge in [-0.15, -0.1) is 0 Å². The first kappa shape index (κ1) is 14.7. The van der Waals surface area contributed by atoms with E-state index in [9.17, 15) is 0 Å². The van der Waals surface area contributed by atoms with Crippen LogP contribution in [0.3, 0.4) is 0 Å². The van der Waals surface area contributed by atoms with Crippen molar-refractivity contribution in [3.05, 3.63) is 75.2 Å². The van der Waals surface area contributed by atoms with Gasteiger partial charge in [-0.1, -0.05) is 58.5 Å². The molecule has 0 amide bonds. The monoisotopic (exact) mass is 357 g/mol. The van der Waals surface area contributed by atoms with Crippen molar-refractivity contribution in [3.8, 4) is 11.4 Å². The molecular weight excluding hydrogens is 350 g/mol. The highest BCUT2D eigenvalue weighted by atomic mass is 35.5. The van der Waals surface area contributed by atoms with Crippen LogP contribution in [0.2, 0.25) is 20.1 Å². The van der Waals surface area contributed by atoms with Gasteiger partial charge in [0.2, 0.25) is 0 Å². The van der Waals surface area contributed by atoms with Gasteiger partial charge in [-0.05, 0) is 24.3 Å². The molecule has 3 aromatic rings. The van der Waals surface area contributed by atoms with E-state index in [1.54, 1.807) is 36.4 Å². The summed E-state index contributed by atoms with van der Waals surface area (Å²) in [7, 11) is 0. The fourth-order valence-electron chi connectivity index (χ4n) is 2.09. The number of rotatable bonds is 2. The second kappa shape index (κ2) is 5.90. The topological polar surface area (TPSA) is 8.81 Å². The van der Waals surface area contributed by atoms with Gasteiger partial charge >= 0.3 is 0 Å². The standard InChI is InChI=1S/C15H9Cl4N2/c16-10-3-1-4-11(17)14(10)20-7-8-21(9-20)15-12(18)5-2-6-13(15)19/h1-9H/q+1. The minimum absolute atomic E-state index is 0.565. The van der Waals surface area contributed by atoms with Gasteiger partial charge in [0, 0.05) is 0 Å². The van der Waals surface area contributed by atoms with Crippen LogP contribution in [0, 0.1) is 0 Å². The van der Waals surface area contributed by atoms with E-state index in [4.69, 9.17) is 46.4 Å². The third kappa shape index (κ3) is 2.77. The maximum Gasteiger partial charge on any atom is 0.254 e. The highest BCUT2D eigenvalue weighted by molar-refractivity contribution is 6.38. The lowest BCUT2D eigenvalue weighted by atomic mass is 10.3. The molecule has 0 radical (unpaired) electrons. The van der Waals surface area contributed by atoms with Crippen molar-refractivity contribution < 1.29 is 4.57 Å². The number of imidazole rings is 1. The summed E-state index contributed by atoms with van der Waals surface area (Å²) >= 11 is 24.9. The summed E-state index contributed by atoms with van der Waals surface area (Å²) in [5.74, 6) is 0. The second-order valence-corrected chi connectivity index (χ2v) is 6.00. The lowest BCUT2D eigenvalue weighted by Crippen LogP contribution is -2.28. The summed E-state index contributed by atoms with van der Waals surface area (Å²) in [6.07, 6.45) is 5.50. The Hall–Kier alpha value is -1.19. The Morgan fingerprint density at radius 2 is 1.29 bits per heavy atom. The molecular formula is C15H9Cl4N2+. The molecule has 0 spiro atoms. The van der Waals surface area contributed by atoms with E-state index in [-0.39, 0.29) is 0 Å². The number of halogens is 4.